The third-order valence-electron chi connectivity index (χ3n) is 7.13. The molecule has 2 aliphatic heterocycles. The first-order valence-corrected chi connectivity index (χ1v) is 11.2. The highest BCUT2D eigenvalue weighted by molar-refractivity contribution is 5.97. The van der Waals surface area contributed by atoms with Crippen LogP contribution in [0.5, 0.6) is 0 Å². The number of hydrogen-bond donors (Lipinski definition) is 2. The molecule has 0 unspecified atom stereocenters. The Kier molecular flexibility index (Phi) is 7.02. The van der Waals surface area contributed by atoms with Crippen LogP contribution in [-0.2, 0) is 14.4 Å². The Hall–Kier alpha value is -1.18. The van der Waals surface area contributed by atoms with Crippen LogP contribution in [0.2, 0.25) is 0 Å². The van der Waals surface area contributed by atoms with E-state index in [2.05, 4.69) is 78.0 Å². The maximum absolute atomic E-state index is 12.6. The summed E-state index contributed by atoms with van der Waals surface area (Å²) in [6, 6.07) is 0.0946. The molecule has 2 rings (SSSR count). The zero-order valence-electron chi connectivity index (χ0n) is 20.8. The number of nitrogens with zero attached hydrogens (tertiary/aromatic N) is 2. The summed E-state index contributed by atoms with van der Waals surface area (Å²) in [6.07, 6.45) is 3.17. The zero-order chi connectivity index (χ0) is 23.1. The first kappa shape index (κ1) is 25.1. The second-order valence-corrected chi connectivity index (χ2v) is 11.8. The Morgan fingerprint density at radius 3 is 1.43 bits per heavy atom. The van der Waals surface area contributed by atoms with E-state index in [0.717, 1.165) is 25.7 Å². The molecule has 174 valence electrons. The minimum Gasteiger partial charge on any atom is -0.353 e. The lowest BCUT2D eigenvalue weighted by Crippen LogP contribution is -2.64. The average Bonchev–Trinajstić information content (AvgIpc) is 2.49. The first-order valence-electron chi connectivity index (χ1n) is 11.2. The molecule has 0 aromatic carbocycles. The van der Waals surface area contributed by atoms with Gasteiger partial charge in [-0.1, -0.05) is 0 Å². The highest BCUT2D eigenvalue weighted by Gasteiger charge is 2.47. The quantitative estimate of drug-likeness (QED) is 0.664. The third-order valence-corrected chi connectivity index (χ3v) is 7.13. The van der Waals surface area contributed by atoms with Gasteiger partial charge in [-0.3, -0.25) is 14.5 Å². The molecular weight excluding hydrogens is 380 g/mol. The molecule has 2 fully saturated rings. The van der Waals surface area contributed by atoms with Crippen molar-refractivity contribution >= 4 is 11.8 Å². The Labute approximate surface area is 183 Å². The minimum absolute atomic E-state index is 0.00551. The lowest BCUT2D eigenvalue weighted by atomic mass is 9.77. The summed E-state index contributed by atoms with van der Waals surface area (Å²) in [5.41, 5.74) is -0.424. The Morgan fingerprint density at radius 2 is 1.10 bits per heavy atom. The maximum Gasteiger partial charge on any atom is 0.229 e. The van der Waals surface area contributed by atoms with Crippen molar-refractivity contribution in [3.8, 4) is 0 Å². The highest BCUT2D eigenvalue weighted by atomic mass is 16.7. The van der Waals surface area contributed by atoms with Crippen molar-refractivity contribution in [1.82, 2.24) is 20.6 Å². The number of piperidine rings is 2. The topological polar surface area (TPSA) is 73.9 Å². The molecule has 0 spiro atoms. The summed E-state index contributed by atoms with van der Waals surface area (Å²) in [5.74, 6) is -0.400. The molecule has 2 aliphatic rings. The van der Waals surface area contributed by atoms with E-state index in [4.69, 9.17) is 4.84 Å². The van der Waals surface area contributed by atoms with Gasteiger partial charge in [0, 0.05) is 34.2 Å². The second kappa shape index (κ2) is 8.40. The molecule has 0 saturated carbocycles. The average molecular weight is 425 g/mol. The third kappa shape index (κ3) is 5.54. The zero-order valence-corrected chi connectivity index (χ0v) is 20.8. The van der Waals surface area contributed by atoms with E-state index in [1.54, 1.807) is 7.11 Å². The molecule has 0 atom stereocenters. The van der Waals surface area contributed by atoms with Crippen LogP contribution in [0.25, 0.3) is 0 Å². The van der Waals surface area contributed by atoms with Crippen LogP contribution in [0.1, 0.15) is 87.5 Å². The molecule has 0 aromatic rings. The summed E-state index contributed by atoms with van der Waals surface area (Å²) in [4.78, 5) is 33.2. The monoisotopic (exact) mass is 424 g/mol. The van der Waals surface area contributed by atoms with E-state index in [9.17, 15) is 9.59 Å². The van der Waals surface area contributed by atoms with Crippen LogP contribution in [0.15, 0.2) is 0 Å². The van der Waals surface area contributed by atoms with Crippen molar-refractivity contribution in [3.63, 3.8) is 0 Å². The van der Waals surface area contributed by atoms with Gasteiger partial charge in [0.05, 0.1) is 7.11 Å². The fraction of sp³-hybridized carbons (Fsp3) is 0.913. The lowest BCUT2D eigenvalue weighted by Gasteiger charge is -2.53. The molecule has 0 bridgehead atoms. The van der Waals surface area contributed by atoms with E-state index in [1.165, 1.54) is 0 Å². The summed E-state index contributed by atoms with van der Waals surface area (Å²) in [6.45, 7) is 17.3. The van der Waals surface area contributed by atoms with Crippen LogP contribution in [0.4, 0.5) is 0 Å². The van der Waals surface area contributed by atoms with Gasteiger partial charge in [0.1, 0.15) is 6.42 Å². The Morgan fingerprint density at radius 1 is 0.767 bits per heavy atom. The summed E-state index contributed by atoms with van der Waals surface area (Å²) >= 11 is 0. The number of amides is 2. The summed E-state index contributed by atoms with van der Waals surface area (Å²) in [7, 11) is 3.84. The van der Waals surface area contributed by atoms with Crippen molar-refractivity contribution < 1.29 is 14.4 Å². The molecule has 0 aromatic heterocycles. The first-order chi connectivity index (χ1) is 13.5. The van der Waals surface area contributed by atoms with E-state index in [0.29, 0.717) is 0 Å². The molecule has 0 radical (unpaired) electrons. The van der Waals surface area contributed by atoms with Gasteiger partial charge in [0.25, 0.3) is 0 Å². The number of nitrogens with one attached hydrogen (secondary N) is 2. The van der Waals surface area contributed by atoms with Gasteiger partial charge in [-0.15, -0.1) is 0 Å². The number of hydrogen-bond acceptors (Lipinski definition) is 5. The predicted octanol–water partition coefficient (Wildman–Crippen LogP) is 2.84. The number of carbonyl (C=O) groups excluding carboxylic acids is 2. The van der Waals surface area contributed by atoms with Gasteiger partial charge in [-0.25, -0.2) is 0 Å². The Bertz CT molecular complexity index is 621. The standard InChI is InChI=1S/C23H44N4O3/c1-20(2)12-16(13-21(3,4)26(20)9)24-18(28)11-19(29)25-17-14-22(5,6)27(30-10)23(7,8)15-17/h16-17H,11-15H2,1-10H3,(H,24,28)(H,25,29). The van der Waals surface area contributed by atoms with Crippen molar-refractivity contribution in [2.24, 2.45) is 0 Å². The number of likely N-dealkylation sites (tertiary alicyclic amines) is 1. The Balaban J connectivity index is 1.92. The van der Waals surface area contributed by atoms with Crippen LogP contribution in [-0.4, -0.2) is 70.2 Å². The van der Waals surface area contributed by atoms with Gasteiger partial charge >= 0.3 is 0 Å². The van der Waals surface area contributed by atoms with Crippen molar-refractivity contribution in [3.05, 3.63) is 0 Å². The fourth-order valence-electron chi connectivity index (χ4n) is 6.04. The molecule has 30 heavy (non-hydrogen) atoms. The summed E-state index contributed by atoms with van der Waals surface area (Å²) < 4.78 is 0. The largest absolute Gasteiger partial charge is 0.353 e. The molecule has 7 heteroatoms. The van der Waals surface area contributed by atoms with E-state index in [1.807, 2.05) is 5.06 Å². The van der Waals surface area contributed by atoms with Crippen molar-refractivity contribution in [2.75, 3.05) is 14.2 Å². The van der Waals surface area contributed by atoms with E-state index < -0.39 is 0 Å². The highest BCUT2D eigenvalue weighted by Crippen LogP contribution is 2.38. The molecule has 2 saturated heterocycles. The molecule has 7 nitrogen and oxygen atoms in total. The van der Waals surface area contributed by atoms with Gasteiger partial charge in [-0.05, 0) is 88.1 Å². The second-order valence-electron chi connectivity index (χ2n) is 11.8. The predicted molar refractivity (Wildman–Crippen MR) is 120 cm³/mol. The van der Waals surface area contributed by atoms with Gasteiger partial charge in [-0.2, -0.15) is 5.06 Å². The van der Waals surface area contributed by atoms with Gasteiger partial charge in [0.2, 0.25) is 11.8 Å². The van der Waals surface area contributed by atoms with Crippen molar-refractivity contribution in [1.29, 1.82) is 0 Å². The maximum atomic E-state index is 12.6. The molecule has 0 aliphatic carbocycles. The molecule has 2 N–H and O–H groups in total. The van der Waals surface area contributed by atoms with Gasteiger partial charge in [0.15, 0.2) is 0 Å². The number of hydroxylamine groups is 2. The molecule has 2 amide bonds. The van der Waals surface area contributed by atoms with E-state index in [-0.39, 0.29) is 52.5 Å². The van der Waals surface area contributed by atoms with E-state index >= 15 is 0 Å². The molecular formula is C23H44N4O3. The van der Waals surface area contributed by atoms with Crippen molar-refractivity contribution in [2.45, 2.75) is 122 Å². The SMILES string of the molecule is CON1C(C)(C)CC(NC(=O)CC(=O)NC2CC(C)(C)N(C)C(C)(C)C2)CC1(C)C. The van der Waals surface area contributed by atoms with Crippen LogP contribution in [0.3, 0.4) is 0 Å². The minimum atomic E-state index is -0.207. The lowest BCUT2D eigenvalue weighted by molar-refractivity contribution is -0.267. The van der Waals surface area contributed by atoms with Gasteiger partial charge < -0.3 is 15.5 Å². The molecule has 2 heterocycles. The fourth-order valence-corrected chi connectivity index (χ4v) is 6.04. The van der Waals surface area contributed by atoms with Crippen LogP contribution < -0.4 is 10.6 Å². The normalized spacial score (nSPS) is 26.9. The number of carbonyl (C=O) groups is 2. The van der Waals surface area contributed by atoms with Crippen LogP contribution >= 0.6 is 0 Å². The van der Waals surface area contributed by atoms with Crippen LogP contribution in [0, 0.1) is 0 Å². The smallest absolute Gasteiger partial charge is 0.229 e. The summed E-state index contributed by atoms with van der Waals surface area (Å²) in [5, 5.41) is 8.22. The number of rotatable bonds is 5.